The Morgan fingerprint density at radius 2 is 1.94 bits per heavy atom. The molecule has 1 N–H and O–H groups in total. The van der Waals surface area contributed by atoms with Crippen LogP contribution in [0.2, 0.25) is 0 Å². The van der Waals surface area contributed by atoms with Crippen LogP contribution < -0.4 is 5.32 Å². The summed E-state index contributed by atoms with van der Waals surface area (Å²) >= 11 is 0. The van der Waals surface area contributed by atoms with Gasteiger partial charge in [0.1, 0.15) is 5.82 Å². The third-order valence-electron chi connectivity index (χ3n) is 2.27. The van der Waals surface area contributed by atoms with Crippen LogP contribution in [0.5, 0.6) is 0 Å². The molecule has 1 heterocycles. The van der Waals surface area contributed by atoms with E-state index in [0.717, 1.165) is 11.8 Å². The van der Waals surface area contributed by atoms with Crippen LogP contribution in [0.25, 0.3) is 0 Å². The van der Waals surface area contributed by atoms with E-state index in [1.165, 1.54) is 0 Å². The standard InChI is InChI=1S/C13H12N2O/c16-10-12-7-4-8-14-13(12)15-9-11-5-2-1-3-6-11/h1-8,10H,9H2,(H,14,15). The summed E-state index contributed by atoms with van der Waals surface area (Å²) in [5.74, 6) is 0.626. The lowest BCUT2D eigenvalue weighted by Crippen LogP contribution is -2.03. The average Bonchev–Trinajstić information content (AvgIpc) is 2.38. The topological polar surface area (TPSA) is 42.0 Å². The first-order chi connectivity index (χ1) is 7.90. The van der Waals surface area contributed by atoms with Gasteiger partial charge in [-0.3, -0.25) is 4.79 Å². The fourth-order valence-electron chi connectivity index (χ4n) is 1.44. The SMILES string of the molecule is O=Cc1cccnc1NCc1ccccc1. The highest BCUT2D eigenvalue weighted by Crippen LogP contribution is 2.10. The van der Waals surface area contributed by atoms with Crippen LogP contribution in [-0.4, -0.2) is 11.3 Å². The maximum absolute atomic E-state index is 10.8. The summed E-state index contributed by atoms with van der Waals surface area (Å²) in [6.07, 6.45) is 2.47. The lowest BCUT2D eigenvalue weighted by molar-refractivity contribution is 0.112. The molecule has 0 aliphatic heterocycles. The summed E-state index contributed by atoms with van der Waals surface area (Å²) in [7, 11) is 0. The van der Waals surface area contributed by atoms with Crippen LogP contribution in [0.3, 0.4) is 0 Å². The molecule has 0 spiro atoms. The number of carbonyl (C=O) groups excluding carboxylic acids is 1. The number of benzene rings is 1. The molecule has 3 nitrogen and oxygen atoms in total. The number of aldehydes is 1. The van der Waals surface area contributed by atoms with Gasteiger partial charge in [0.15, 0.2) is 6.29 Å². The smallest absolute Gasteiger partial charge is 0.153 e. The molecule has 0 fully saturated rings. The number of nitrogens with zero attached hydrogens (tertiary/aromatic N) is 1. The first kappa shape index (κ1) is 10.4. The predicted octanol–water partition coefficient (Wildman–Crippen LogP) is 2.51. The van der Waals surface area contributed by atoms with Crippen LogP contribution in [0.4, 0.5) is 5.82 Å². The molecule has 3 heteroatoms. The summed E-state index contributed by atoms with van der Waals surface area (Å²) in [6, 6.07) is 13.5. The zero-order chi connectivity index (χ0) is 11.2. The van der Waals surface area contributed by atoms with Crippen LogP contribution in [0.1, 0.15) is 15.9 Å². The van der Waals surface area contributed by atoms with E-state index in [0.29, 0.717) is 17.9 Å². The number of carbonyl (C=O) groups is 1. The number of nitrogens with one attached hydrogen (secondary N) is 1. The van der Waals surface area contributed by atoms with Crippen molar-refractivity contribution in [3.8, 4) is 0 Å². The summed E-state index contributed by atoms with van der Waals surface area (Å²) in [5.41, 5.74) is 1.74. The molecule has 1 aromatic heterocycles. The second-order valence-electron chi connectivity index (χ2n) is 3.40. The van der Waals surface area contributed by atoms with Gasteiger partial charge < -0.3 is 5.32 Å². The van der Waals surface area contributed by atoms with Gasteiger partial charge >= 0.3 is 0 Å². The maximum atomic E-state index is 10.8. The second kappa shape index (κ2) is 5.07. The van der Waals surface area contributed by atoms with Crippen molar-refractivity contribution in [1.82, 2.24) is 4.98 Å². The van der Waals surface area contributed by atoms with Gasteiger partial charge in [-0.15, -0.1) is 0 Å². The Morgan fingerprint density at radius 1 is 1.12 bits per heavy atom. The van der Waals surface area contributed by atoms with Gasteiger partial charge in [-0.05, 0) is 17.7 Å². The normalized spacial score (nSPS) is 9.75. The van der Waals surface area contributed by atoms with Gasteiger partial charge in [-0.2, -0.15) is 0 Å². The van der Waals surface area contributed by atoms with Gasteiger partial charge in [0, 0.05) is 12.7 Å². The molecule has 0 saturated heterocycles. The van der Waals surface area contributed by atoms with Gasteiger partial charge in [0.25, 0.3) is 0 Å². The number of hydrogen-bond acceptors (Lipinski definition) is 3. The largest absolute Gasteiger partial charge is 0.365 e. The summed E-state index contributed by atoms with van der Waals surface area (Å²) in [4.78, 5) is 14.9. The summed E-state index contributed by atoms with van der Waals surface area (Å²) in [5, 5.41) is 3.14. The first-order valence-corrected chi connectivity index (χ1v) is 5.08. The zero-order valence-corrected chi connectivity index (χ0v) is 8.76. The van der Waals surface area contributed by atoms with Crippen molar-refractivity contribution in [1.29, 1.82) is 0 Å². The average molecular weight is 212 g/mol. The van der Waals surface area contributed by atoms with Crippen LogP contribution in [0.15, 0.2) is 48.7 Å². The minimum Gasteiger partial charge on any atom is -0.365 e. The number of rotatable bonds is 4. The summed E-state index contributed by atoms with van der Waals surface area (Å²) in [6.45, 7) is 0.665. The molecular weight excluding hydrogens is 200 g/mol. The lowest BCUT2D eigenvalue weighted by atomic mass is 10.2. The monoisotopic (exact) mass is 212 g/mol. The molecular formula is C13H12N2O. The van der Waals surface area contributed by atoms with Crippen LogP contribution in [0, 0.1) is 0 Å². The van der Waals surface area contributed by atoms with Crippen molar-refractivity contribution in [3.05, 3.63) is 59.8 Å². The lowest BCUT2D eigenvalue weighted by Gasteiger charge is -2.06. The van der Waals surface area contributed by atoms with Gasteiger partial charge in [0.2, 0.25) is 0 Å². The van der Waals surface area contributed by atoms with Gasteiger partial charge in [-0.25, -0.2) is 4.98 Å². The van der Waals surface area contributed by atoms with Crippen molar-refractivity contribution in [2.75, 3.05) is 5.32 Å². The Hall–Kier alpha value is -2.16. The molecule has 0 bridgehead atoms. The molecule has 1 aromatic carbocycles. The summed E-state index contributed by atoms with van der Waals surface area (Å²) < 4.78 is 0. The predicted molar refractivity (Wildman–Crippen MR) is 63.4 cm³/mol. The Bertz CT molecular complexity index is 468. The van der Waals surface area contributed by atoms with E-state index in [9.17, 15) is 4.79 Å². The van der Waals surface area contributed by atoms with E-state index < -0.39 is 0 Å². The highest BCUT2D eigenvalue weighted by molar-refractivity contribution is 5.82. The van der Waals surface area contributed by atoms with E-state index >= 15 is 0 Å². The molecule has 2 aromatic rings. The number of pyridine rings is 1. The van der Waals surface area contributed by atoms with E-state index in [1.807, 2.05) is 30.3 Å². The molecule has 0 aliphatic carbocycles. The van der Waals surface area contributed by atoms with Crippen LogP contribution in [-0.2, 0) is 6.54 Å². The molecule has 0 saturated carbocycles. The third kappa shape index (κ3) is 2.45. The fraction of sp³-hybridized carbons (Fsp3) is 0.0769. The molecule has 0 aliphatic rings. The third-order valence-corrected chi connectivity index (χ3v) is 2.27. The second-order valence-corrected chi connectivity index (χ2v) is 3.40. The van der Waals surface area contributed by atoms with E-state index in [1.54, 1.807) is 18.3 Å². The molecule has 0 radical (unpaired) electrons. The van der Waals surface area contributed by atoms with Gasteiger partial charge in [0.05, 0.1) is 5.56 Å². The first-order valence-electron chi connectivity index (χ1n) is 5.08. The number of aromatic nitrogens is 1. The number of hydrogen-bond donors (Lipinski definition) is 1. The van der Waals surface area contributed by atoms with Crippen molar-refractivity contribution in [2.24, 2.45) is 0 Å². The molecule has 2 rings (SSSR count). The number of anilines is 1. The van der Waals surface area contributed by atoms with Crippen molar-refractivity contribution >= 4 is 12.1 Å². The van der Waals surface area contributed by atoms with Gasteiger partial charge in [-0.1, -0.05) is 30.3 Å². The highest BCUT2D eigenvalue weighted by Gasteiger charge is 2.00. The maximum Gasteiger partial charge on any atom is 0.153 e. The minimum atomic E-state index is 0.582. The Morgan fingerprint density at radius 3 is 2.69 bits per heavy atom. The molecule has 16 heavy (non-hydrogen) atoms. The zero-order valence-electron chi connectivity index (χ0n) is 8.76. The van der Waals surface area contributed by atoms with Crippen LogP contribution >= 0.6 is 0 Å². The molecule has 0 unspecified atom stereocenters. The van der Waals surface area contributed by atoms with Crippen molar-refractivity contribution in [3.63, 3.8) is 0 Å². The molecule has 80 valence electrons. The highest BCUT2D eigenvalue weighted by atomic mass is 16.1. The molecule has 0 atom stereocenters. The Kier molecular flexibility index (Phi) is 3.28. The fourth-order valence-corrected chi connectivity index (χ4v) is 1.44. The Labute approximate surface area is 94.1 Å². The van der Waals surface area contributed by atoms with E-state index in [-0.39, 0.29) is 0 Å². The Balaban J connectivity index is 2.08. The van der Waals surface area contributed by atoms with Crippen molar-refractivity contribution in [2.45, 2.75) is 6.54 Å². The molecule has 0 amide bonds. The quantitative estimate of drug-likeness (QED) is 0.792. The van der Waals surface area contributed by atoms with Crippen molar-refractivity contribution < 1.29 is 4.79 Å². The van der Waals surface area contributed by atoms with E-state index in [4.69, 9.17) is 0 Å². The van der Waals surface area contributed by atoms with E-state index in [2.05, 4.69) is 10.3 Å². The minimum absolute atomic E-state index is 0.582.